The van der Waals surface area contributed by atoms with Gasteiger partial charge in [-0.05, 0) is 36.4 Å². The van der Waals surface area contributed by atoms with Crippen molar-refractivity contribution in [3.63, 3.8) is 0 Å². The van der Waals surface area contributed by atoms with Crippen molar-refractivity contribution >= 4 is 17.0 Å². The monoisotopic (exact) mass is 292 g/mol. The third-order valence-corrected chi connectivity index (χ3v) is 4.13. The van der Waals surface area contributed by atoms with Crippen LogP contribution in [0.25, 0.3) is 0 Å². The molecule has 0 radical (unpaired) electrons. The van der Waals surface area contributed by atoms with Gasteiger partial charge in [-0.2, -0.15) is 0 Å². The highest BCUT2D eigenvalue weighted by molar-refractivity contribution is 7.12. The van der Waals surface area contributed by atoms with Crippen LogP contribution in [0.15, 0.2) is 36.4 Å². The fraction of sp³-hybridized carbons (Fsp3) is 0.375. The second kappa shape index (κ2) is 6.86. The van der Waals surface area contributed by atoms with E-state index in [1.807, 2.05) is 30.5 Å². The van der Waals surface area contributed by atoms with Crippen molar-refractivity contribution in [3.8, 4) is 0 Å². The van der Waals surface area contributed by atoms with Gasteiger partial charge < -0.3 is 10.2 Å². The van der Waals surface area contributed by atoms with Crippen molar-refractivity contribution in [1.82, 2.24) is 5.32 Å². The van der Waals surface area contributed by atoms with Crippen LogP contribution in [0, 0.1) is 5.82 Å². The average molecular weight is 292 g/mol. The molecule has 0 amide bonds. The maximum absolute atomic E-state index is 12.9. The normalized spacial score (nSPS) is 11.1. The summed E-state index contributed by atoms with van der Waals surface area (Å²) in [5, 5.41) is 3.42. The van der Waals surface area contributed by atoms with E-state index in [1.54, 1.807) is 0 Å². The van der Waals surface area contributed by atoms with Crippen LogP contribution in [0.4, 0.5) is 10.1 Å². The van der Waals surface area contributed by atoms with Gasteiger partial charge in [-0.1, -0.05) is 13.8 Å². The molecule has 108 valence electrons. The standard InChI is InChI=1S/C16H21FN2S/c1-12(2)18-10-15-8-9-16(20-15)11-19(3)14-6-4-13(17)5-7-14/h4-9,12,18H,10-11H2,1-3H3. The van der Waals surface area contributed by atoms with Crippen molar-refractivity contribution < 1.29 is 4.39 Å². The number of anilines is 1. The minimum atomic E-state index is -0.194. The predicted molar refractivity (Wildman–Crippen MR) is 84.8 cm³/mol. The summed E-state index contributed by atoms with van der Waals surface area (Å²) in [5.41, 5.74) is 1.03. The molecule has 0 aliphatic carbocycles. The second-order valence-corrected chi connectivity index (χ2v) is 6.49. The van der Waals surface area contributed by atoms with Crippen LogP contribution in [-0.2, 0) is 13.1 Å². The summed E-state index contributed by atoms with van der Waals surface area (Å²) < 4.78 is 12.9. The summed E-state index contributed by atoms with van der Waals surface area (Å²) in [5.74, 6) is -0.194. The number of nitrogens with one attached hydrogen (secondary N) is 1. The molecule has 1 heterocycles. The molecule has 0 atom stereocenters. The van der Waals surface area contributed by atoms with Crippen LogP contribution in [0.1, 0.15) is 23.6 Å². The van der Waals surface area contributed by atoms with Crippen LogP contribution < -0.4 is 10.2 Å². The lowest BCUT2D eigenvalue weighted by Crippen LogP contribution is -2.21. The molecule has 4 heteroatoms. The fourth-order valence-corrected chi connectivity index (χ4v) is 2.95. The molecular formula is C16H21FN2S. The van der Waals surface area contributed by atoms with Crippen molar-refractivity contribution in [2.24, 2.45) is 0 Å². The van der Waals surface area contributed by atoms with Crippen LogP contribution >= 0.6 is 11.3 Å². The number of nitrogens with zero attached hydrogens (tertiary/aromatic N) is 1. The summed E-state index contributed by atoms with van der Waals surface area (Å²) in [6.07, 6.45) is 0. The Labute approximate surface area is 124 Å². The highest BCUT2D eigenvalue weighted by Crippen LogP contribution is 2.21. The van der Waals surface area contributed by atoms with E-state index in [0.717, 1.165) is 18.8 Å². The minimum Gasteiger partial charge on any atom is -0.369 e. The summed E-state index contributed by atoms with van der Waals surface area (Å²) >= 11 is 1.82. The minimum absolute atomic E-state index is 0.194. The number of benzene rings is 1. The van der Waals surface area contributed by atoms with E-state index in [0.29, 0.717) is 6.04 Å². The number of hydrogen-bond donors (Lipinski definition) is 1. The zero-order valence-electron chi connectivity index (χ0n) is 12.2. The van der Waals surface area contributed by atoms with Gasteiger partial charge >= 0.3 is 0 Å². The molecule has 0 bridgehead atoms. The molecule has 0 saturated heterocycles. The Kier molecular flexibility index (Phi) is 5.15. The van der Waals surface area contributed by atoms with Crippen LogP contribution in [0.3, 0.4) is 0 Å². The first-order valence-electron chi connectivity index (χ1n) is 6.82. The molecule has 0 fully saturated rings. The van der Waals surface area contributed by atoms with Crippen LogP contribution in [0.5, 0.6) is 0 Å². The van der Waals surface area contributed by atoms with Gasteiger partial charge in [0.1, 0.15) is 5.82 Å². The first-order chi connectivity index (χ1) is 9.54. The molecule has 1 aromatic heterocycles. The predicted octanol–water partition coefficient (Wildman–Crippen LogP) is 4.02. The Morgan fingerprint density at radius 3 is 2.40 bits per heavy atom. The van der Waals surface area contributed by atoms with E-state index in [4.69, 9.17) is 0 Å². The maximum Gasteiger partial charge on any atom is 0.123 e. The largest absolute Gasteiger partial charge is 0.369 e. The molecule has 1 aromatic carbocycles. The fourth-order valence-electron chi connectivity index (χ4n) is 1.93. The van der Waals surface area contributed by atoms with Gasteiger partial charge in [0.2, 0.25) is 0 Å². The van der Waals surface area contributed by atoms with E-state index >= 15 is 0 Å². The van der Waals surface area contributed by atoms with Crippen molar-refractivity contribution in [2.75, 3.05) is 11.9 Å². The SMILES string of the molecule is CC(C)NCc1ccc(CN(C)c2ccc(F)cc2)s1. The first kappa shape index (κ1) is 15.0. The molecule has 0 aliphatic heterocycles. The van der Waals surface area contributed by atoms with Crippen LogP contribution in [0.2, 0.25) is 0 Å². The highest BCUT2D eigenvalue weighted by Gasteiger charge is 2.06. The molecule has 2 nitrogen and oxygen atoms in total. The summed E-state index contributed by atoms with van der Waals surface area (Å²) in [6.45, 7) is 6.06. The Hall–Kier alpha value is -1.39. The topological polar surface area (TPSA) is 15.3 Å². The van der Waals surface area contributed by atoms with Crippen molar-refractivity contribution in [2.45, 2.75) is 33.0 Å². The first-order valence-corrected chi connectivity index (χ1v) is 7.64. The number of hydrogen-bond acceptors (Lipinski definition) is 3. The van der Waals surface area contributed by atoms with Gasteiger partial charge in [-0.15, -0.1) is 11.3 Å². The van der Waals surface area contributed by atoms with E-state index < -0.39 is 0 Å². The lowest BCUT2D eigenvalue weighted by Gasteiger charge is -2.18. The molecule has 0 spiro atoms. The van der Waals surface area contributed by atoms with Crippen molar-refractivity contribution in [1.29, 1.82) is 0 Å². The molecule has 0 aliphatic rings. The molecular weight excluding hydrogens is 271 g/mol. The van der Waals surface area contributed by atoms with Gasteiger partial charge in [0.25, 0.3) is 0 Å². The van der Waals surface area contributed by atoms with E-state index in [1.165, 1.54) is 21.9 Å². The number of halogens is 1. The van der Waals surface area contributed by atoms with E-state index in [2.05, 4.69) is 36.2 Å². The van der Waals surface area contributed by atoms with Gasteiger partial charge in [0, 0.05) is 35.1 Å². The van der Waals surface area contributed by atoms with E-state index in [9.17, 15) is 4.39 Å². The Morgan fingerprint density at radius 2 is 1.75 bits per heavy atom. The lowest BCUT2D eigenvalue weighted by atomic mass is 10.3. The third-order valence-electron chi connectivity index (χ3n) is 3.06. The third kappa shape index (κ3) is 4.32. The highest BCUT2D eigenvalue weighted by atomic mass is 32.1. The van der Waals surface area contributed by atoms with Crippen molar-refractivity contribution in [3.05, 3.63) is 52.0 Å². The van der Waals surface area contributed by atoms with Gasteiger partial charge in [-0.3, -0.25) is 0 Å². The average Bonchev–Trinajstić information content (AvgIpc) is 2.84. The molecule has 0 unspecified atom stereocenters. The smallest absolute Gasteiger partial charge is 0.123 e. The second-order valence-electron chi connectivity index (χ2n) is 5.24. The Morgan fingerprint density at radius 1 is 1.10 bits per heavy atom. The van der Waals surface area contributed by atoms with Gasteiger partial charge in [0.05, 0.1) is 6.54 Å². The quantitative estimate of drug-likeness (QED) is 0.865. The molecule has 0 saturated carbocycles. The summed E-state index contributed by atoms with van der Waals surface area (Å²) in [6, 6.07) is 11.5. The molecule has 20 heavy (non-hydrogen) atoms. The molecule has 2 rings (SSSR count). The van der Waals surface area contributed by atoms with Gasteiger partial charge in [-0.25, -0.2) is 4.39 Å². The lowest BCUT2D eigenvalue weighted by molar-refractivity contribution is 0.593. The maximum atomic E-state index is 12.9. The Bertz CT molecular complexity index is 534. The molecule has 1 N–H and O–H groups in total. The van der Waals surface area contributed by atoms with Crippen LogP contribution in [-0.4, -0.2) is 13.1 Å². The zero-order valence-corrected chi connectivity index (χ0v) is 13.0. The zero-order chi connectivity index (χ0) is 14.5. The number of rotatable bonds is 6. The summed E-state index contributed by atoms with van der Waals surface area (Å²) in [4.78, 5) is 4.80. The number of thiophene rings is 1. The van der Waals surface area contributed by atoms with E-state index in [-0.39, 0.29) is 5.82 Å². The van der Waals surface area contributed by atoms with Gasteiger partial charge in [0.15, 0.2) is 0 Å². The summed E-state index contributed by atoms with van der Waals surface area (Å²) in [7, 11) is 2.03. The molecule has 2 aromatic rings. The Balaban J connectivity index is 1.94.